The number of aromatic nitrogens is 1. The summed E-state index contributed by atoms with van der Waals surface area (Å²) < 4.78 is 19.3. The Kier molecular flexibility index (Phi) is 4.62. The van der Waals surface area contributed by atoms with Crippen molar-refractivity contribution in [3.63, 3.8) is 0 Å². The molecule has 1 heterocycles. The number of anilines is 1. The van der Waals surface area contributed by atoms with Crippen LogP contribution in [0.3, 0.4) is 0 Å². The van der Waals surface area contributed by atoms with Gasteiger partial charge in [-0.15, -0.1) is 0 Å². The molecule has 0 saturated carbocycles. The molecule has 0 aliphatic heterocycles. The molecule has 0 aliphatic carbocycles. The van der Waals surface area contributed by atoms with Crippen LogP contribution in [0.1, 0.15) is 17.3 Å². The molecule has 3 rings (SSSR count). The summed E-state index contributed by atoms with van der Waals surface area (Å²) in [5.41, 5.74) is 2.65. The van der Waals surface area contributed by atoms with Gasteiger partial charge in [-0.25, -0.2) is 9.37 Å². The molecule has 1 aromatic heterocycles. The van der Waals surface area contributed by atoms with E-state index in [9.17, 15) is 9.50 Å². The van der Waals surface area contributed by atoms with Gasteiger partial charge < -0.3 is 15.2 Å². The average Bonchev–Trinajstić information content (AvgIpc) is 2.60. The molecule has 0 radical (unpaired) electrons. The van der Waals surface area contributed by atoms with E-state index < -0.39 is 0 Å². The number of para-hydroxylation sites is 1. The molecule has 0 aliphatic rings. The molecule has 2 aromatic carbocycles. The van der Waals surface area contributed by atoms with Crippen molar-refractivity contribution in [3.05, 3.63) is 65.6 Å². The van der Waals surface area contributed by atoms with E-state index in [-0.39, 0.29) is 18.5 Å². The first-order valence-corrected chi connectivity index (χ1v) is 7.69. The average molecular weight is 326 g/mol. The number of hydrogen-bond acceptors (Lipinski definition) is 4. The normalized spacial score (nSPS) is 12.2. The predicted molar refractivity (Wildman–Crippen MR) is 92.9 cm³/mol. The fraction of sp³-hybridized carbons (Fsp3) is 0.211. The second kappa shape index (κ2) is 6.84. The van der Waals surface area contributed by atoms with Crippen LogP contribution < -0.4 is 10.1 Å². The minimum Gasteiger partial charge on any atom is -0.497 e. The van der Waals surface area contributed by atoms with Crippen molar-refractivity contribution in [1.82, 2.24) is 4.98 Å². The number of methoxy groups -OCH3 is 1. The quantitative estimate of drug-likeness (QED) is 0.748. The van der Waals surface area contributed by atoms with Gasteiger partial charge in [0, 0.05) is 16.8 Å². The van der Waals surface area contributed by atoms with Crippen LogP contribution in [0.4, 0.5) is 10.1 Å². The Morgan fingerprint density at radius 1 is 1.21 bits per heavy atom. The first kappa shape index (κ1) is 16.2. The van der Waals surface area contributed by atoms with E-state index in [0.717, 1.165) is 17.0 Å². The van der Waals surface area contributed by atoms with Gasteiger partial charge in [-0.05, 0) is 36.8 Å². The summed E-state index contributed by atoms with van der Waals surface area (Å²) in [5, 5.41) is 13.8. The highest BCUT2D eigenvalue weighted by atomic mass is 19.1. The van der Waals surface area contributed by atoms with Crippen LogP contribution in [0.15, 0.2) is 48.5 Å². The van der Waals surface area contributed by atoms with E-state index in [1.165, 1.54) is 6.07 Å². The molecule has 0 saturated heterocycles. The number of hydrogen-bond donors (Lipinski definition) is 2. The zero-order chi connectivity index (χ0) is 17.1. The molecule has 24 heavy (non-hydrogen) atoms. The number of pyridine rings is 1. The molecular formula is C19H19FN2O2. The smallest absolute Gasteiger partial charge is 0.149 e. The molecule has 0 spiro atoms. The highest BCUT2D eigenvalue weighted by molar-refractivity contribution is 5.92. The van der Waals surface area contributed by atoms with Crippen molar-refractivity contribution in [2.24, 2.45) is 0 Å². The maximum absolute atomic E-state index is 14.0. The van der Waals surface area contributed by atoms with E-state index in [1.807, 2.05) is 43.3 Å². The summed E-state index contributed by atoms with van der Waals surface area (Å²) in [7, 11) is 1.60. The van der Waals surface area contributed by atoms with E-state index >= 15 is 0 Å². The molecule has 0 bridgehead atoms. The van der Waals surface area contributed by atoms with Crippen molar-refractivity contribution >= 4 is 16.6 Å². The minimum atomic E-state index is -0.360. The fourth-order valence-corrected chi connectivity index (χ4v) is 2.74. The van der Waals surface area contributed by atoms with E-state index in [0.29, 0.717) is 16.6 Å². The van der Waals surface area contributed by atoms with Crippen molar-refractivity contribution < 1.29 is 14.2 Å². The maximum Gasteiger partial charge on any atom is 0.149 e. The lowest BCUT2D eigenvalue weighted by Crippen LogP contribution is -2.15. The van der Waals surface area contributed by atoms with Crippen LogP contribution in [0.2, 0.25) is 0 Å². The molecule has 1 unspecified atom stereocenters. The Morgan fingerprint density at radius 3 is 2.75 bits per heavy atom. The minimum absolute atomic E-state index is 0.106. The monoisotopic (exact) mass is 326 g/mol. The summed E-state index contributed by atoms with van der Waals surface area (Å²) in [6.07, 6.45) is 0. The largest absolute Gasteiger partial charge is 0.497 e. The van der Waals surface area contributed by atoms with Crippen LogP contribution in [0.5, 0.6) is 5.75 Å². The van der Waals surface area contributed by atoms with Crippen molar-refractivity contribution in [2.75, 3.05) is 19.0 Å². The molecule has 5 heteroatoms. The molecule has 3 aromatic rings. The van der Waals surface area contributed by atoms with Gasteiger partial charge in [-0.2, -0.15) is 0 Å². The lowest BCUT2D eigenvalue weighted by atomic mass is 10.1. The number of halogens is 1. The summed E-state index contributed by atoms with van der Waals surface area (Å²) in [6.45, 7) is 1.71. The summed E-state index contributed by atoms with van der Waals surface area (Å²) in [5.74, 6) is 0.357. The third kappa shape index (κ3) is 3.16. The number of aliphatic hydroxyl groups excluding tert-OH is 1. The first-order chi connectivity index (χ1) is 11.6. The number of aliphatic hydroxyl groups is 1. The number of benzene rings is 2. The van der Waals surface area contributed by atoms with Crippen LogP contribution in [0.25, 0.3) is 10.9 Å². The Balaban J connectivity index is 2.02. The maximum atomic E-state index is 14.0. The standard InChI is InChI=1S/C19H19FN2O2/c1-12-9-17(15-7-4-8-16(20)19(15)21-12)22-18(11-23)13-5-3-6-14(10-13)24-2/h3-10,18,23H,11H2,1-2H3,(H,21,22). The number of nitrogens with zero attached hydrogens (tertiary/aromatic N) is 1. The van der Waals surface area contributed by atoms with Crippen LogP contribution >= 0.6 is 0 Å². The fourth-order valence-electron chi connectivity index (χ4n) is 2.74. The van der Waals surface area contributed by atoms with Crippen LogP contribution in [0, 0.1) is 12.7 Å². The number of ether oxygens (including phenoxy) is 1. The van der Waals surface area contributed by atoms with Gasteiger partial charge in [0.15, 0.2) is 0 Å². The van der Waals surface area contributed by atoms with Crippen molar-refractivity contribution in [2.45, 2.75) is 13.0 Å². The predicted octanol–water partition coefficient (Wildman–Crippen LogP) is 3.84. The van der Waals surface area contributed by atoms with Gasteiger partial charge in [-0.1, -0.05) is 24.3 Å². The molecule has 0 fully saturated rings. The van der Waals surface area contributed by atoms with E-state index in [1.54, 1.807) is 13.2 Å². The Labute approximate surface area is 139 Å². The zero-order valence-corrected chi connectivity index (χ0v) is 13.6. The Hall–Kier alpha value is -2.66. The van der Waals surface area contributed by atoms with Crippen LogP contribution in [-0.4, -0.2) is 23.8 Å². The number of nitrogens with one attached hydrogen (secondary N) is 1. The van der Waals surface area contributed by atoms with Gasteiger partial charge in [0.2, 0.25) is 0 Å². The number of rotatable bonds is 5. The van der Waals surface area contributed by atoms with Gasteiger partial charge in [0.25, 0.3) is 0 Å². The molecule has 0 amide bonds. The second-order valence-electron chi connectivity index (χ2n) is 5.60. The van der Waals surface area contributed by atoms with Crippen LogP contribution in [-0.2, 0) is 0 Å². The third-order valence-electron chi connectivity index (χ3n) is 3.93. The summed E-state index contributed by atoms with van der Waals surface area (Å²) >= 11 is 0. The molecule has 2 N–H and O–H groups in total. The first-order valence-electron chi connectivity index (χ1n) is 7.69. The van der Waals surface area contributed by atoms with Crippen molar-refractivity contribution in [1.29, 1.82) is 0 Å². The van der Waals surface area contributed by atoms with Gasteiger partial charge in [0.1, 0.15) is 17.1 Å². The number of fused-ring (bicyclic) bond motifs is 1. The SMILES string of the molecule is COc1cccc(C(CO)Nc2cc(C)nc3c(F)cccc23)c1. The summed E-state index contributed by atoms with van der Waals surface area (Å²) in [4.78, 5) is 4.27. The van der Waals surface area contributed by atoms with E-state index in [4.69, 9.17) is 4.74 Å². The number of aryl methyl sites for hydroxylation is 1. The van der Waals surface area contributed by atoms with E-state index in [2.05, 4.69) is 10.3 Å². The molecule has 1 atom stereocenters. The lowest BCUT2D eigenvalue weighted by Gasteiger charge is -2.20. The molecule has 124 valence electrons. The highest BCUT2D eigenvalue weighted by Crippen LogP contribution is 2.29. The zero-order valence-electron chi connectivity index (χ0n) is 13.6. The van der Waals surface area contributed by atoms with Gasteiger partial charge in [0.05, 0.1) is 19.8 Å². The molecular weight excluding hydrogens is 307 g/mol. The Bertz CT molecular complexity index is 867. The molecule has 4 nitrogen and oxygen atoms in total. The summed E-state index contributed by atoms with van der Waals surface area (Å²) in [6, 6.07) is 13.9. The van der Waals surface area contributed by atoms with Crippen molar-refractivity contribution in [3.8, 4) is 5.75 Å². The van der Waals surface area contributed by atoms with Gasteiger partial charge >= 0.3 is 0 Å². The topological polar surface area (TPSA) is 54.4 Å². The third-order valence-corrected chi connectivity index (χ3v) is 3.93. The van der Waals surface area contributed by atoms with Gasteiger partial charge in [-0.3, -0.25) is 0 Å². The second-order valence-corrected chi connectivity index (χ2v) is 5.60. The Morgan fingerprint density at radius 2 is 2.00 bits per heavy atom. The highest BCUT2D eigenvalue weighted by Gasteiger charge is 2.14. The lowest BCUT2D eigenvalue weighted by molar-refractivity contribution is 0.276.